The number of aromatic nitrogens is 4. The fourth-order valence-electron chi connectivity index (χ4n) is 2.38. The van der Waals surface area contributed by atoms with E-state index in [0.29, 0.717) is 6.54 Å². The Hall–Kier alpha value is -2.53. The minimum Gasteiger partial charge on any atom is -0.325 e. The Kier molecular flexibility index (Phi) is 3.50. The Labute approximate surface area is 123 Å². The first kappa shape index (κ1) is 13.5. The lowest BCUT2D eigenvalue weighted by Crippen LogP contribution is -2.04. The van der Waals surface area contributed by atoms with Crippen molar-refractivity contribution >= 4 is 0 Å². The van der Waals surface area contributed by atoms with Gasteiger partial charge in [-0.3, -0.25) is 4.98 Å². The van der Waals surface area contributed by atoms with Crippen molar-refractivity contribution in [2.45, 2.75) is 20.4 Å². The van der Waals surface area contributed by atoms with Gasteiger partial charge in [-0.05, 0) is 43.2 Å². The number of hydrogen-bond acceptors (Lipinski definition) is 4. The van der Waals surface area contributed by atoms with Crippen LogP contribution in [0.2, 0.25) is 0 Å². The number of nitrogens with zero attached hydrogens (tertiary/aromatic N) is 4. The van der Waals surface area contributed by atoms with E-state index in [4.69, 9.17) is 5.73 Å². The summed E-state index contributed by atoms with van der Waals surface area (Å²) < 4.78 is 1.85. The van der Waals surface area contributed by atoms with Crippen molar-refractivity contribution in [1.29, 1.82) is 0 Å². The van der Waals surface area contributed by atoms with Gasteiger partial charge in [-0.15, -0.1) is 5.10 Å². The molecule has 2 heterocycles. The van der Waals surface area contributed by atoms with E-state index in [2.05, 4.69) is 35.2 Å². The summed E-state index contributed by atoms with van der Waals surface area (Å²) in [5, 5.41) is 8.51. The molecule has 0 amide bonds. The number of hydrogen-bond donors (Lipinski definition) is 1. The summed E-state index contributed by atoms with van der Waals surface area (Å²) >= 11 is 0. The first-order valence-electron chi connectivity index (χ1n) is 6.84. The standard InChI is InChI=1S/C16H17N5/c1-11-5-3-7-15(12(11)2)21-16(14(9-17)19-20-21)13-6-4-8-18-10-13/h3-8,10H,9,17H2,1-2H3. The maximum atomic E-state index is 5.81. The molecule has 0 fully saturated rings. The van der Waals surface area contributed by atoms with Crippen molar-refractivity contribution < 1.29 is 0 Å². The van der Waals surface area contributed by atoms with E-state index in [1.54, 1.807) is 12.4 Å². The molecule has 0 unspecified atom stereocenters. The van der Waals surface area contributed by atoms with Crippen LogP contribution in [0.1, 0.15) is 16.8 Å². The smallest absolute Gasteiger partial charge is 0.105 e. The van der Waals surface area contributed by atoms with E-state index in [1.165, 1.54) is 11.1 Å². The van der Waals surface area contributed by atoms with Crippen molar-refractivity contribution in [3.8, 4) is 16.9 Å². The van der Waals surface area contributed by atoms with Crippen molar-refractivity contribution in [2.75, 3.05) is 0 Å². The fraction of sp³-hybridized carbons (Fsp3) is 0.188. The molecule has 0 saturated heterocycles. The first-order chi connectivity index (χ1) is 10.2. The average molecular weight is 279 g/mol. The van der Waals surface area contributed by atoms with Crippen molar-refractivity contribution in [2.24, 2.45) is 5.73 Å². The first-order valence-corrected chi connectivity index (χ1v) is 6.84. The number of rotatable bonds is 3. The second-order valence-corrected chi connectivity index (χ2v) is 4.96. The molecule has 0 radical (unpaired) electrons. The lowest BCUT2D eigenvalue weighted by Gasteiger charge is -2.11. The molecule has 2 aromatic heterocycles. The molecular formula is C16H17N5. The molecule has 5 heteroatoms. The molecule has 0 spiro atoms. The topological polar surface area (TPSA) is 69.6 Å². The summed E-state index contributed by atoms with van der Waals surface area (Å²) in [5.74, 6) is 0. The molecule has 0 aliphatic rings. The Morgan fingerprint density at radius 2 is 2.00 bits per heavy atom. The van der Waals surface area contributed by atoms with Crippen LogP contribution in [0.15, 0.2) is 42.7 Å². The predicted octanol–water partition coefficient (Wildman–Crippen LogP) is 2.40. The maximum absolute atomic E-state index is 5.81. The molecule has 0 aliphatic carbocycles. The molecule has 0 aliphatic heterocycles. The van der Waals surface area contributed by atoms with Crippen molar-refractivity contribution in [3.05, 3.63) is 59.5 Å². The van der Waals surface area contributed by atoms with E-state index in [-0.39, 0.29) is 0 Å². The SMILES string of the molecule is Cc1cccc(-n2nnc(CN)c2-c2cccnc2)c1C. The third-order valence-electron chi connectivity index (χ3n) is 3.67. The highest BCUT2D eigenvalue weighted by Crippen LogP contribution is 2.26. The van der Waals surface area contributed by atoms with E-state index in [0.717, 1.165) is 22.6 Å². The van der Waals surface area contributed by atoms with Crippen LogP contribution in [0.4, 0.5) is 0 Å². The molecule has 5 nitrogen and oxygen atoms in total. The third kappa shape index (κ3) is 2.32. The summed E-state index contributed by atoms with van der Waals surface area (Å²) in [5.41, 5.74) is 11.9. The van der Waals surface area contributed by atoms with Crippen LogP contribution in [0, 0.1) is 13.8 Å². The van der Waals surface area contributed by atoms with E-state index in [1.807, 2.05) is 28.9 Å². The molecule has 2 N–H and O–H groups in total. The van der Waals surface area contributed by atoms with Gasteiger partial charge in [0, 0.05) is 24.5 Å². The van der Waals surface area contributed by atoms with Crippen molar-refractivity contribution in [3.63, 3.8) is 0 Å². The molecule has 106 valence electrons. The average Bonchev–Trinajstić information content (AvgIpc) is 2.94. The Morgan fingerprint density at radius 3 is 2.71 bits per heavy atom. The summed E-state index contributed by atoms with van der Waals surface area (Å²) in [6.07, 6.45) is 3.55. The van der Waals surface area contributed by atoms with Gasteiger partial charge in [-0.2, -0.15) is 0 Å². The Balaban J connectivity index is 2.25. The highest BCUT2D eigenvalue weighted by Gasteiger charge is 2.16. The third-order valence-corrected chi connectivity index (χ3v) is 3.67. The van der Waals surface area contributed by atoms with Gasteiger partial charge in [-0.25, -0.2) is 4.68 Å². The van der Waals surface area contributed by atoms with Gasteiger partial charge >= 0.3 is 0 Å². The van der Waals surface area contributed by atoms with Crippen LogP contribution >= 0.6 is 0 Å². The molecule has 21 heavy (non-hydrogen) atoms. The Bertz CT molecular complexity index is 762. The Morgan fingerprint density at radius 1 is 1.14 bits per heavy atom. The molecule has 3 aromatic rings. The molecule has 0 bridgehead atoms. The minimum atomic E-state index is 0.342. The maximum Gasteiger partial charge on any atom is 0.105 e. The lowest BCUT2D eigenvalue weighted by atomic mass is 10.1. The van der Waals surface area contributed by atoms with Gasteiger partial charge in [0.25, 0.3) is 0 Å². The molecular weight excluding hydrogens is 262 g/mol. The lowest BCUT2D eigenvalue weighted by molar-refractivity contribution is 0.794. The highest BCUT2D eigenvalue weighted by molar-refractivity contribution is 5.64. The van der Waals surface area contributed by atoms with E-state index < -0.39 is 0 Å². The number of pyridine rings is 1. The molecule has 3 rings (SSSR count). The summed E-state index contributed by atoms with van der Waals surface area (Å²) in [4.78, 5) is 4.18. The minimum absolute atomic E-state index is 0.342. The number of nitrogens with two attached hydrogens (primary N) is 1. The van der Waals surface area contributed by atoms with Crippen molar-refractivity contribution in [1.82, 2.24) is 20.0 Å². The molecule has 0 atom stereocenters. The summed E-state index contributed by atoms with van der Waals surface area (Å²) in [6.45, 7) is 4.51. The van der Waals surface area contributed by atoms with Gasteiger partial charge < -0.3 is 5.73 Å². The summed E-state index contributed by atoms with van der Waals surface area (Å²) in [7, 11) is 0. The quantitative estimate of drug-likeness (QED) is 0.799. The van der Waals surface area contributed by atoms with Crippen LogP contribution < -0.4 is 5.73 Å². The van der Waals surface area contributed by atoms with Crippen LogP contribution in [0.3, 0.4) is 0 Å². The zero-order valence-corrected chi connectivity index (χ0v) is 12.1. The van der Waals surface area contributed by atoms with Gasteiger partial charge in [-0.1, -0.05) is 17.3 Å². The molecule has 0 saturated carbocycles. The normalized spacial score (nSPS) is 10.8. The zero-order valence-electron chi connectivity index (χ0n) is 12.1. The zero-order chi connectivity index (χ0) is 14.8. The van der Waals surface area contributed by atoms with Crippen LogP contribution in [0.5, 0.6) is 0 Å². The van der Waals surface area contributed by atoms with Gasteiger partial charge in [0.2, 0.25) is 0 Å². The van der Waals surface area contributed by atoms with Crippen LogP contribution in [-0.2, 0) is 6.54 Å². The van der Waals surface area contributed by atoms with E-state index in [9.17, 15) is 0 Å². The second kappa shape index (κ2) is 5.46. The fourth-order valence-corrected chi connectivity index (χ4v) is 2.38. The predicted molar refractivity (Wildman–Crippen MR) is 82.0 cm³/mol. The highest BCUT2D eigenvalue weighted by atomic mass is 15.4. The monoisotopic (exact) mass is 279 g/mol. The summed E-state index contributed by atoms with van der Waals surface area (Å²) in [6, 6.07) is 10.0. The second-order valence-electron chi connectivity index (χ2n) is 4.96. The van der Waals surface area contributed by atoms with E-state index >= 15 is 0 Å². The van der Waals surface area contributed by atoms with Gasteiger partial charge in [0.1, 0.15) is 11.4 Å². The number of benzene rings is 1. The largest absolute Gasteiger partial charge is 0.325 e. The number of aryl methyl sites for hydroxylation is 1. The van der Waals surface area contributed by atoms with Gasteiger partial charge in [0.05, 0.1) is 5.69 Å². The molecule has 1 aromatic carbocycles. The van der Waals surface area contributed by atoms with Crippen LogP contribution in [-0.4, -0.2) is 20.0 Å². The van der Waals surface area contributed by atoms with Gasteiger partial charge in [0.15, 0.2) is 0 Å². The van der Waals surface area contributed by atoms with Crippen LogP contribution in [0.25, 0.3) is 16.9 Å².